The molecule has 5 nitrogen and oxygen atoms in total. The molecule has 6 heteroatoms. The SMILES string of the molecule is COc1cc[c]c(-c2ccc(Cc3c[nH]c4ncc(C)cc34)c(F)n2)n1. The highest BCUT2D eigenvalue weighted by Gasteiger charge is 2.12. The molecule has 129 valence electrons. The van der Waals surface area contributed by atoms with Gasteiger partial charge in [-0.25, -0.2) is 15.0 Å². The summed E-state index contributed by atoms with van der Waals surface area (Å²) in [5, 5.41) is 0.997. The van der Waals surface area contributed by atoms with Crippen molar-refractivity contribution in [1.29, 1.82) is 0 Å². The van der Waals surface area contributed by atoms with Crippen molar-refractivity contribution in [2.24, 2.45) is 0 Å². The minimum atomic E-state index is -0.518. The largest absolute Gasteiger partial charge is 0.481 e. The Morgan fingerprint density at radius 3 is 2.88 bits per heavy atom. The van der Waals surface area contributed by atoms with E-state index < -0.39 is 5.95 Å². The maximum absolute atomic E-state index is 14.6. The number of aryl methyl sites for hydroxylation is 1. The number of hydrogen-bond donors (Lipinski definition) is 1. The molecule has 0 atom stereocenters. The molecule has 0 saturated heterocycles. The lowest BCUT2D eigenvalue weighted by molar-refractivity contribution is 0.398. The quantitative estimate of drug-likeness (QED) is 0.569. The fraction of sp³-hybridized carbons (Fsp3) is 0.150. The number of aromatic amines is 1. The van der Waals surface area contributed by atoms with E-state index >= 15 is 0 Å². The summed E-state index contributed by atoms with van der Waals surface area (Å²) in [4.78, 5) is 15.8. The Morgan fingerprint density at radius 1 is 1.19 bits per heavy atom. The summed E-state index contributed by atoms with van der Waals surface area (Å²) in [6.45, 7) is 1.98. The first-order valence-electron chi connectivity index (χ1n) is 8.15. The molecular formula is C20H16FN4O. The number of halogens is 1. The number of hydrogen-bond acceptors (Lipinski definition) is 4. The molecule has 4 rings (SSSR count). The molecular weight excluding hydrogens is 331 g/mol. The van der Waals surface area contributed by atoms with Gasteiger partial charge >= 0.3 is 0 Å². The number of ether oxygens (including phenoxy) is 1. The van der Waals surface area contributed by atoms with Gasteiger partial charge in [-0.3, -0.25) is 0 Å². The zero-order chi connectivity index (χ0) is 18.1. The van der Waals surface area contributed by atoms with Crippen molar-refractivity contribution in [1.82, 2.24) is 19.9 Å². The van der Waals surface area contributed by atoms with Crippen LogP contribution in [0.5, 0.6) is 5.88 Å². The fourth-order valence-electron chi connectivity index (χ4n) is 2.86. The van der Waals surface area contributed by atoms with E-state index in [0.29, 0.717) is 29.3 Å². The third-order valence-corrected chi connectivity index (χ3v) is 4.18. The van der Waals surface area contributed by atoms with Crippen LogP contribution in [0.15, 0.2) is 42.7 Å². The first kappa shape index (κ1) is 16.2. The molecule has 0 aliphatic rings. The highest BCUT2D eigenvalue weighted by molar-refractivity contribution is 5.80. The number of aromatic nitrogens is 4. The second-order valence-corrected chi connectivity index (χ2v) is 6.03. The van der Waals surface area contributed by atoms with Crippen LogP contribution in [-0.2, 0) is 6.42 Å². The molecule has 1 N–H and O–H groups in total. The molecule has 0 aliphatic carbocycles. The number of pyridine rings is 3. The Balaban J connectivity index is 1.66. The summed E-state index contributed by atoms with van der Waals surface area (Å²) in [5.74, 6) is -0.0813. The van der Waals surface area contributed by atoms with Crippen molar-refractivity contribution in [2.45, 2.75) is 13.3 Å². The van der Waals surface area contributed by atoms with Crippen molar-refractivity contribution in [2.75, 3.05) is 7.11 Å². The molecule has 26 heavy (non-hydrogen) atoms. The lowest BCUT2D eigenvalue weighted by atomic mass is 10.1. The van der Waals surface area contributed by atoms with Gasteiger partial charge in [0.1, 0.15) is 11.3 Å². The minimum absolute atomic E-state index is 0.418. The van der Waals surface area contributed by atoms with Gasteiger partial charge in [0, 0.05) is 41.9 Å². The summed E-state index contributed by atoms with van der Waals surface area (Å²) >= 11 is 0. The Hall–Kier alpha value is -3.28. The number of nitrogens with zero attached hydrogens (tertiary/aromatic N) is 3. The second-order valence-electron chi connectivity index (χ2n) is 6.03. The highest BCUT2D eigenvalue weighted by Crippen LogP contribution is 2.23. The summed E-state index contributed by atoms with van der Waals surface area (Å²) in [7, 11) is 1.53. The molecule has 4 aromatic heterocycles. The minimum Gasteiger partial charge on any atom is -0.481 e. The van der Waals surface area contributed by atoms with Crippen molar-refractivity contribution in [3.8, 4) is 17.3 Å². The average Bonchev–Trinajstić information content (AvgIpc) is 3.05. The van der Waals surface area contributed by atoms with Crippen LogP contribution >= 0.6 is 0 Å². The van der Waals surface area contributed by atoms with Crippen molar-refractivity contribution in [3.05, 3.63) is 71.4 Å². The lowest BCUT2D eigenvalue weighted by Crippen LogP contribution is -1.98. The van der Waals surface area contributed by atoms with Crippen LogP contribution in [0.3, 0.4) is 0 Å². The number of H-pyrrole nitrogens is 1. The zero-order valence-electron chi connectivity index (χ0n) is 14.4. The molecule has 0 unspecified atom stereocenters. The van der Waals surface area contributed by atoms with Gasteiger partial charge in [-0.15, -0.1) is 0 Å². The van der Waals surface area contributed by atoms with Crippen molar-refractivity contribution < 1.29 is 9.13 Å². The smallest absolute Gasteiger partial charge is 0.217 e. The number of methoxy groups -OCH3 is 1. The Kier molecular flexibility index (Phi) is 4.08. The molecule has 0 bridgehead atoms. The number of fused-ring (bicyclic) bond motifs is 1. The van der Waals surface area contributed by atoms with Crippen LogP contribution in [0.1, 0.15) is 16.7 Å². The van der Waals surface area contributed by atoms with E-state index in [1.807, 2.05) is 19.2 Å². The molecule has 0 fully saturated rings. The molecule has 0 spiro atoms. The van der Waals surface area contributed by atoms with Gasteiger partial charge in [-0.05, 0) is 36.2 Å². The summed E-state index contributed by atoms with van der Waals surface area (Å²) in [6.07, 6.45) is 4.10. The van der Waals surface area contributed by atoms with Gasteiger partial charge in [0.2, 0.25) is 11.8 Å². The van der Waals surface area contributed by atoms with Crippen molar-refractivity contribution >= 4 is 11.0 Å². The Labute approximate surface area is 149 Å². The van der Waals surface area contributed by atoms with E-state index in [-0.39, 0.29) is 0 Å². The van der Waals surface area contributed by atoms with Gasteiger partial charge in [0.25, 0.3) is 0 Å². The third kappa shape index (κ3) is 3.01. The molecule has 4 aromatic rings. The predicted octanol–water partition coefficient (Wildman–Crippen LogP) is 3.87. The summed E-state index contributed by atoms with van der Waals surface area (Å²) < 4.78 is 19.7. The third-order valence-electron chi connectivity index (χ3n) is 4.18. The second kappa shape index (κ2) is 6.55. The molecule has 0 aromatic carbocycles. The van der Waals surface area contributed by atoms with Gasteiger partial charge in [-0.1, -0.05) is 6.07 Å². The van der Waals surface area contributed by atoms with Crippen LogP contribution in [0.2, 0.25) is 0 Å². The van der Waals surface area contributed by atoms with E-state index in [1.165, 1.54) is 7.11 Å². The molecule has 0 saturated carbocycles. The van der Waals surface area contributed by atoms with Crippen LogP contribution < -0.4 is 4.74 Å². The fourth-order valence-corrected chi connectivity index (χ4v) is 2.86. The molecule has 4 heterocycles. The molecule has 0 aliphatic heterocycles. The molecule has 1 radical (unpaired) electrons. The Bertz CT molecular complexity index is 1090. The number of rotatable bonds is 4. The van der Waals surface area contributed by atoms with Crippen LogP contribution in [0.25, 0.3) is 22.4 Å². The van der Waals surface area contributed by atoms with Gasteiger partial charge < -0.3 is 9.72 Å². The Morgan fingerprint density at radius 2 is 2.08 bits per heavy atom. The standard InChI is InChI=1S/C20H16FN4O/c1-12-8-15-14(11-23-20(15)22-10-12)9-13-6-7-17(25-19(13)21)16-4-3-5-18(24-16)26-2/h3,5-8,10-11H,9H2,1-2H3,(H,22,23). The summed E-state index contributed by atoms with van der Waals surface area (Å²) in [5.41, 5.74) is 4.22. The number of nitrogens with one attached hydrogen (secondary N) is 1. The maximum atomic E-state index is 14.6. The van der Waals surface area contributed by atoms with E-state index in [2.05, 4.69) is 26.0 Å². The van der Waals surface area contributed by atoms with Gasteiger partial charge in [0.15, 0.2) is 0 Å². The van der Waals surface area contributed by atoms with Crippen LogP contribution in [-0.4, -0.2) is 27.0 Å². The van der Waals surface area contributed by atoms with Crippen molar-refractivity contribution in [3.63, 3.8) is 0 Å². The molecule has 0 amide bonds. The van der Waals surface area contributed by atoms with E-state index in [4.69, 9.17) is 4.74 Å². The van der Waals surface area contributed by atoms with E-state index in [1.54, 1.807) is 30.5 Å². The van der Waals surface area contributed by atoms with Gasteiger partial charge in [-0.2, -0.15) is 4.39 Å². The van der Waals surface area contributed by atoms with Crippen LogP contribution in [0, 0.1) is 18.9 Å². The van der Waals surface area contributed by atoms with E-state index in [9.17, 15) is 4.39 Å². The van der Waals surface area contributed by atoms with Crippen LogP contribution in [0.4, 0.5) is 4.39 Å². The highest BCUT2D eigenvalue weighted by atomic mass is 19.1. The zero-order valence-corrected chi connectivity index (χ0v) is 14.4. The first-order chi connectivity index (χ1) is 12.6. The maximum Gasteiger partial charge on any atom is 0.217 e. The average molecular weight is 347 g/mol. The summed E-state index contributed by atoms with van der Waals surface area (Å²) in [6, 6.07) is 11.8. The normalized spacial score (nSPS) is 11.0. The van der Waals surface area contributed by atoms with E-state index in [0.717, 1.165) is 22.2 Å². The first-order valence-corrected chi connectivity index (χ1v) is 8.15. The predicted molar refractivity (Wildman–Crippen MR) is 96.5 cm³/mol. The lowest BCUT2D eigenvalue weighted by Gasteiger charge is -2.06. The topological polar surface area (TPSA) is 63.7 Å². The van der Waals surface area contributed by atoms with Gasteiger partial charge in [0.05, 0.1) is 12.8 Å². The monoisotopic (exact) mass is 347 g/mol.